The topological polar surface area (TPSA) is 28.2 Å². The second kappa shape index (κ2) is 9.02. The summed E-state index contributed by atoms with van der Waals surface area (Å²) in [6, 6.07) is 0. The van der Waals surface area contributed by atoms with Crippen molar-refractivity contribution >= 4 is 0 Å². The first kappa shape index (κ1) is 13.4. The molecule has 82 valence electrons. The average Bonchev–Trinajstić information content (AvgIpc) is 2.24. The van der Waals surface area contributed by atoms with E-state index in [1.54, 1.807) is 0 Å². The summed E-state index contributed by atoms with van der Waals surface area (Å²) in [5, 5.41) is 6.25. The molecular formula is C12H24N2. The van der Waals surface area contributed by atoms with Gasteiger partial charge in [-0.25, -0.2) is 0 Å². The predicted octanol–water partition coefficient (Wildman–Crippen LogP) is 1.59. The van der Waals surface area contributed by atoms with Gasteiger partial charge < -0.3 is 16.7 Å². The van der Waals surface area contributed by atoms with E-state index >= 15 is 0 Å². The smallest absolute Gasteiger partial charge is 0.0773 e. The third-order valence-corrected chi connectivity index (χ3v) is 3.12. The zero-order valence-electron chi connectivity index (χ0n) is 9.68. The summed E-state index contributed by atoms with van der Waals surface area (Å²) in [5.74, 6) is 1.000. The van der Waals surface area contributed by atoms with Crippen LogP contribution in [0, 0.1) is 17.8 Å². The molecule has 2 heteroatoms. The van der Waals surface area contributed by atoms with Crippen molar-refractivity contribution in [2.24, 2.45) is 5.92 Å². The first-order valence-corrected chi connectivity index (χ1v) is 5.89. The van der Waals surface area contributed by atoms with Crippen molar-refractivity contribution in [3.05, 3.63) is 6.57 Å². The molecule has 0 radical (unpaired) electrons. The van der Waals surface area contributed by atoms with E-state index in [1.165, 1.54) is 51.7 Å². The van der Waals surface area contributed by atoms with Crippen molar-refractivity contribution in [2.45, 2.75) is 46.0 Å². The monoisotopic (exact) mass is 196 g/mol. The van der Waals surface area contributed by atoms with Crippen LogP contribution in [0.15, 0.2) is 0 Å². The SMILES string of the molecule is CCCCC[NH+]1CCC(C)CC1.[C-]#N. The number of unbranched alkanes of at least 4 members (excludes halogenated alkanes) is 2. The van der Waals surface area contributed by atoms with Gasteiger partial charge in [0.05, 0.1) is 19.6 Å². The lowest BCUT2D eigenvalue weighted by molar-refractivity contribution is -0.906. The fourth-order valence-electron chi connectivity index (χ4n) is 2.05. The maximum absolute atomic E-state index is 6.25. The number of nitrogens with one attached hydrogen (secondary N) is 1. The summed E-state index contributed by atoms with van der Waals surface area (Å²) in [4.78, 5) is 1.86. The van der Waals surface area contributed by atoms with E-state index in [1.807, 2.05) is 4.90 Å². The Balaban J connectivity index is 0.000000791. The van der Waals surface area contributed by atoms with Crippen LogP contribution < -0.4 is 4.90 Å². The normalized spacial score (nSPS) is 26.3. The molecule has 1 fully saturated rings. The van der Waals surface area contributed by atoms with E-state index in [9.17, 15) is 0 Å². The lowest BCUT2D eigenvalue weighted by Crippen LogP contribution is -3.13. The molecule has 0 aromatic rings. The van der Waals surface area contributed by atoms with Crippen molar-refractivity contribution in [1.82, 2.24) is 0 Å². The van der Waals surface area contributed by atoms with Crippen LogP contribution in [-0.4, -0.2) is 19.6 Å². The van der Waals surface area contributed by atoms with Gasteiger partial charge in [-0.2, -0.15) is 0 Å². The molecule has 0 aliphatic carbocycles. The van der Waals surface area contributed by atoms with Crippen LogP contribution in [0.2, 0.25) is 0 Å². The summed E-state index contributed by atoms with van der Waals surface area (Å²) < 4.78 is 0. The number of hydrogen-bond acceptors (Lipinski definition) is 1. The van der Waals surface area contributed by atoms with Gasteiger partial charge in [0, 0.05) is 0 Å². The van der Waals surface area contributed by atoms with Crippen LogP contribution in [-0.2, 0) is 0 Å². The lowest BCUT2D eigenvalue weighted by Gasteiger charge is -2.27. The van der Waals surface area contributed by atoms with Gasteiger partial charge >= 0.3 is 0 Å². The lowest BCUT2D eigenvalue weighted by atomic mass is 9.99. The highest BCUT2D eigenvalue weighted by molar-refractivity contribution is 4.55. The molecule has 1 aliphatic rings. The highest BCUT2D eigenvalue weighted by atomic mass is 15.1. The summed E-state index contributed by atoms with van der Waals surface area (Å²) >= 11 is 0. The molecule has 0 amide bonds. The van der Waals surface area contributed by atoms with E-state index in [4.69, 9.17) is 11.8 Å². The molecule has 0 aromatic heterocycles. The Morgan fingerprint density at radius 3 is 2.29 bits per heavy atom. The Hall–Kier alpha value is -0.550. The zero-order valence-corrected chi connectivity index (χ0v) is 9.68. The fourth-order valence-corrected chi connectivity index (χ4v) is 2.05. The summed E-state index contributed by atoms with van der Waals surface area (Å²) in [5.41, 5.74) is 0. The fraction of sp³-hybridized carbons (Fsp3) is 0.917. The standard InChI is InChI=1S/C11H23N.CN/c1-3-4-5-8-12-9-6-11(2)7-10-12;1-2/h11H,3-10H2,1-2H3;/q;-1/p+1. The van der Waals surface area contributed by atoms with E-state index in [2.05, 4.69) is 13.8 Å². The summed E-state index contributed by atoms with van der Waals surface area (Å²) in [6.45, 7) is 13.7. The molecule has 1 aliphatic heterocycles. The molecular weight excluding hydrogens is 172 g/mol. The summed E-state index contributed by atoms with van der Waals surface area (Å²) in [6.07, 6.45) is 7.16. The number of rotatable bonds is 4. The van der Waals surface area contributed by atoms with Crippen LogP contribution in [0.5, 0.6) is 0 Å². The minimum Gasteiger partial charge on any atom is -0.512 e. The van der Waals surface area contributed by atoms with Gasteiger partial charge in [0.2, 0.25) is 0 Å². The first-order chi connectivity index (χ1) is 6.83. The van der Waals surface area contributed by atoms with Gasteiger partial charge in [0.1, 0.15) is 0 Å². The number of hydrogen-bond donors (Lipinski definition) is 1. The van der Waals surface area contributed by atoms with Crippen molar-refractivity contribution in [1.29, 1.82) is 5.26 Å². The molecule has 1 rings (SSSR count). The van der Waals surface area contributed by atoms with Crippen LogP contribution in [0.25, 0.3) is 0 Å². The van der Waals surface area contributed by atoms with E-state index in [-0.39, 0.29) is 0 Å². The Morgan fingerprint density at radius 1 is 1.21 bits per heavy atom. The number of likely N-dealkylation sites (tertiary alicyclic amines) is 1. The van der Waals surface area contributed by atoms with Crippen molar-refractivity contribution in [2.75, 3.05) is 19.6 Å². The Kier molecular flexibility index (Phi) is 8.67. The predicted molar refractivity (Wildman–Crippen MR) is 58.5 cm³/mol. The van der Waals surface area contributed by atoms with Crippen LogP contribution in [0.1, 0.15) is 46.0 Å². The van der Waals surface area contributed by atoms with Crippen LogP contribution >= 0.6 is 0 Å². The number of nitrogens with zero attached hydrogens (tertiary/aromatic N) is 1. The van der Waals surface area contributed by atoms with Gasteiger partial charge in [-0.1, -0.05) is 20.3 Å². The van der Waals surface area contributed by atoms with E-state index in [0.717, 1.165) is 5.92 Å². The minimum atomic E-state index is 1.000. The Morgan fingerprint density at radius 2 is 1.79 bits per heavy atom. The second-order valence-corrected chi connectivity index (χ2v) is 4.39. The second-order valence-electron chi connectivity index (χ2n) is 4.39. The molecule has 0 atom stereocenters. The molecule has 14 heavy (non-hydrogen) atoms. The molecule has 2 nitrogen and oxygen atoms in total. The average molecular weight is 196 g/mol. The quantitative estimate of drug-likeness (QED) is 0.537. The van der Waals surface area contributed by atoms with E-state index in [0.29, 0.717) is 0 Å². The van der Waals surface area contributed by atoms with Crippen molar-refractivity contribution < 1.29 is 4.90 Å². The number of quaternary nitrogens is 1. The Labute approximate surface area is 88.9 Å². The Bertz CT molecular complexity index is 135. The van der Waals surface area contributed by atoms with Crippen molar-refractivity contribution in [3.63, 3.8) is 0 Å². The molecule has 0 unspecified atom stereocenters. The largest absolute Gasteiger partial charge is 0.512 e. The molecule has 0 spiro atoms. The first-order valence-electron chi connectivity index (χ1n) is 5.89. The molecule has 0 bridgehead atoms. The zero-order chi connectivity index (χ0) is 10.8. The van der Waals surface area contributed by atoms with Crippen molar-refractivity contribution in [3.8, 4) is 0 Å². The third kappa shape index (κ3) is 5.99. The highest BCUT2D eigenvalue weighted by Gasteiger charge is 2.17. The molecule has 1 N–H and O–H groups in total. The van der Waals surface area contributed by atoms with Crippen LogP contribution in [0.4, 0.5) is 0 Å². The van der Waals surface area contributed by atoms with Gasteiger partial charge in [-0.15, -0.1) is 0 Å². The minimum absolute atomic E-state index is 1.000. The van der Waals surface area contributed by atoms with Gasteiger partial charge in [0.15, 0.2) is 0 Å². The van der Waals surface area contributed by atoms with Gasteiger partial charge in [-0.05, 0) is 31.6 Å². The van der Waals surface area contributed by atoms with Gasteiger partial charge in [-0.3, -0.25) is 0 Å². The molecule has 0 aromatic carbocycles. The van der Waals surface area contributed by atoms with Crippen LogP contribution in [0.3, 0.4) is 0 Å². The van der Waals surface area contributed by atoms with Gasteiger partial charge in [0.25, 0.3) is 0 Å². The highest BCUT2D eigenvalue weighted by Crippen LogP contribution is 2.06. The summed E-state index contributed by atoms with van der Waals surface area (Å²) in [7, 11) is 0. The molecule has 0 saturated carbocycles. The maximum atomic E-state index is 6.25. The van der Waals surface area contributed by atoms with E-state index < -0.39 is 0 Å². The molecule has 1 saturated heterocycles. The number of piperidine rings is 1. The third-order valence-electron chi connectivity index (χ3n) is 3.12. The molecule has 1 heterocycles. The maximum Gasteiger partial charge on any atom is 0.0773 e.